The normalized spacial score (nSPS) is 14.7. The van der Waals surface area contributed by atoms with Crippen LogP contribution in [-0.4, -0.2) is 28.9 Å². The molecule has 0 aliphatic carbocycles. The first kappa shape index (κ1) is 15.3. The van der Waals surface area contributed by atoms with Gasteiger partial charge in [-0.15, -0.1) is 0 Å². The molecular weight excluding hydrogens is 288 g/mol. The quantitative estimate of drug-likeness (QED) is 0.927. The molecule has 1 fully saturated rings. The van der Waals surface area contributed by atoms with Crippen LogP contribution in [-0.2, 0) is 0 Å². The van der Waals surface area contributed by atoms with Gasteiger partial charge in [0.05, 0.1) is 5.56 Å². The van der Waals surface area contributed by atoms with Gasteiger partial charge in [0, 0.05) is 25.4 Å². The van der Waals surface area contributed by atoms with Crippen molar-refractivity contribution in [2.24, 2.45) is 0 Å². The minimum Gasteiger partial charge on any atom is -0.338 e. The number of aromatic nitrogens is 1. The Morgan fingerprint density at radius 2 is 1.87 bits per heavy atom. The first-order chi connectivity index (χ1) is 11.1. The minimum absolute atomic E-state index is 0.00230. The summed E-state index contributed by atoms with van der Waals surface area (Å²) in [6.07, 6.45) is 5.52. The number of amides is 1. The van der Waals surface area contributed by atoms with Crippen molar-refractivity contribution in [1.29, 1.82) is 0 Å². The molecule has 0 radical (unpaired) electrons. The number of aromatic amines is 1. The van der Waals surface area contributed by atoms with Crippen LogP contribution in [0.15, 0.2) is 53.0 Å². The van der Waals surface area contributed by atoms with E-state index in [1.54, 1.807) is 6.92 Å². The van der Waals surface area contributed by atoms with Crippen LogP contribution in [0.4, 0.5) is 0 Å². The van der Waals surface area contributed by atoms with Gasteiger partial charge in [-0.2, -0.15) is 0 Å². The largest absolute Gasteiger partial charge is 0.338 e. The molecule has 2 aromatic rings. The van der Waals surface area contributed by atoms with E-state index in [0.717, 1.165) is 31.5 Å². The highest BCUT2D eigenvalue weighted by atomic mass is 16.2. The Morgan fingerprint density at radius 1 is 1.17 bits per heavy atom. The summed E-state index contributed by atoms with van der Waals surface area (Å²) >= 11 is 0. The number of pyridine rings is 1. The van der Waals surface area contributed by atoms with Gasteiger partial charge >= 0.3 is 0 Å². The topological polar surface area (TPSA) is 53.2 Å². The summed E-state index contributed by atoms with van der Waals surface area (Å²) < 4.78 is 0. The maximum Gasteiger partial charge on any atom is 0.255 e. The van der Waals surface area contributed by atoms with Gasteiger partial charge in [-0.3, -0.25) is 9.59 Å². The van der Waals surface area contributed by atoms with Crippen LogP contribution in [0.2, 0.25) is 0 Å². The van der Waals surface area contributed by atoms with Crippen LogP contribution in [0.3, 0.4) is 0 Å². The fraction of sp³-hybridized carbons (Fsp3) is 0.263. The van der Waals surface area contributed by atoms with Crippen LogP contribution in [0, 0.1) is 6.92 Å². The summed E-state index contributed by atoms with van der Waals surface area (Å²) in [7, 11) is 0. The number of benzene rings is 1. The van der Waals surface area contributed by atoms with Crippen molar-refractivity contribution < 1.29 is 4.79 Å². The van der Waals surface area contributed by atoms with Crippen molar-refractivity contribution in [3.05, 3.63) is 75.2 Å². The number of likely N-dealkylation sites (tertiary alicyclic amines) is 1. The van der Waals surface area contributed by atoms with E-state index in [4.69, 9.17) is 0 Å². The third-order valence-corrected chi connectivity index (χ3v) is 4.22. The predicted octanol–water partition coefficient (Wildman–Crippen LogP) is 3.00. The Kier molecular flexibility index (Phi) is 4.42. The van der Waals surface area contributed by atoms with E-state index < -0.39 is 0 Å². The highest BCUT2D eigenvalue weighted by Crippen LogP contribution is 2.21. The standard InChI is InChI=1S/C19H20N2O2/c1-14-11-18(22)20-13-17(14)19(23)21-9-7-16(8-10-21)12-15-5-3-2-4-6-15/h2-6,11-13H,7-10H2,1H3,(H,20,22). The van der Waals surface area contributed by atoms with Gasteiger partial charge in [0.25, 0.3) is 5.91 Å². The van der Waals surface area contributed by atoms with Crippen molar-refractivity contribution >= 4 is 12.0 Å². The molecule has 0 saturated carbocycles. The number of rotatable bonds is 2. The van der Waals surface area contributed by atoms with E-state index >= 15 is 0 Å². The molecule has 1 aromatic carbocycles. The summed E-state index contributed by atoms with van der Waals surface area (Å²) in [5, 5.41) is 0. The van der Waals surface area contributed by atoms with Crippen LogP contribution in [0.5, 0.6) is 0 Å². The molecule has 0 unspecified atom stereocenters. The van der Waals surface area contributed by atoms with Gasteiger partial charge in [-0.05, 0) is 30.9 Å². The molecule has 4 nitrogen and oxygen atoms in total. The number of hydrogen-bond acceptors (Lipinski definition) is 2. The summed E-state index contributed by atoms with van der Waals surface area (Å²) in [4.78, 5) is 28.3. The third kappa shape index (κ3) is 3.59. The maximum atomic E-state index is 12.6. The zero-order valence-corrected chi connectivity index (χ0v) is 13.2. The van der Waals surface area contributed by atoms with Crippen molar-refractivity contribution in [2.45, 2.75) is 19.8 Å². The molecule has 1 saturated heterocycles. The van der Waals surface area contributed by atoms with Gasteiger partial charge in [0.2, 0.25) is 5.56 Å². The van der Waals surface area contributed by atoms with Gasteiger partial charge in [0.15, 0.2) is 0 Å². The molecule has 1 N–H and O–H groups in total. The Hall–Kier alpha value is -2.62. The van der Waals surface area contributed by atoms with Crippen LogP contribution in [0.1, 0.15) is 34.3 Å². The summed E-state index contributed by atoms with van der Waals surface area (Å²) in [5.74, 6) is -0.00230. The Bertz CT molecular complexity index is 781. The van der Waals surface area contributed by atoms with Crippen molar-refractivity contribution in [2.75, 3.05) is 13.1 Å². The van der Waals surface area contributed by atoms with Crippen LogP contribution >= 0.6 is 0 Å². The zero-order valence-electron chi connectivity index (χ0n) is 13.2. The fourth-order valence-corrected chi connectivity index (χ4v) is 2.90. The molecule has 1 aromatic heterocycles. The Balaban J connectivity index is 1.68. The highest BCUT2D eigenvalue weighted by molar-refractivity contribution is 5.95. The minimum atomic E-state index is -0.175. The monoisotopic (exact) mass is 308 g/mol. The average Bonchev–Trinajstić information content (AvgIpc) is 2.56. The third-order valence-electron chi connectivity index (χ3n) is 4.22. The Labute approximate surface area is 135 Å². The molecule has 0 atom stereocenters. The molecular formula is C19H20N2O2. The number of piperidine rings is 1. The number of carbonyl (C=O) groups excluding carboxylic acids is 1. The lowest BCUT2D eigenvalue weighted by Crippen LogP contribution is -2.37. The molecule has 0 spiro atoms. The van der Waals surface area contributed by atoms with Crippen LogP contribution in [0.25, 0.3) is 6.08 Å². The van der Waals surface area contributed by atoms with E-state index in [1.807, 2.05) is 23.1 Å². The highest BCUT2D eigenvalue weighted by Gasteiger charge is 2.21. The van der Waals surface area contributed by atoms with Gasteiger partial charge in [0.1, 0.15) is 0 Å². The molecule has 1 aliphatic rings. The first-order valence-electron chi connectivity index (χ1n) is 7.86. The lowest BCUT2D eigenvalue weighted by Gasteiger charge is -2.29. The van der Waals surface area contributed by atoms with E-state index in [-0.39, 0.29) is 11.5 Å². The molecule has 2 heterocycles. The van der Waals surface area contributed by atoms with Crippen molar-refractivity contribution in [1.82, 2.24) is 9.88 Å². The van der Waals surface area contributed by atoms with Gasteiger partial charge in [-0.25, -0.2) is 0 Å². The predicted molar refractivity (Wildman–Crippen MR) is 91.4 cm³/mol. The van der Waals surface area contributed by atoms with Crippen LogP contribution < -0.4 is 5.56 Å². The van der Waals surface area contributed by atoms with Crippen molar-refractivity contribution in [3.8, 4) is 0 Å². The lowest BCUT2D eigenvalue weighted by molar-refractivity contribution is 0.0743. The number of hydrogen-bond donors (Lipinski definition) is 1. The average molecular weight is 308 g/mol. The molecule has 3 rings (SSSR count). The number of carbonyl (C=O) groups is 1. The van der Waals surface area contributed by atoms with E-state index in [0.29, 0.717) is 5.56 Å². The SMILES string of the molecule is Cc1cc(=O)[nH]cc1C(=O)N1CCC(=Cc2ccccc2)CC1. The van der Waals surface area contributed by atoms with E-state index in [1.165, 1.54) is 23.4 Å². The summed E-state index contributed by atoms with van der Waals surface area (Å²) in [5.41, 5.74) is 3.72. The molecule has 4 heteroatoms. The molecule has 23 heavy (non-hydrogen) atoms. The lowest BCUT2D eigenvalue weighted by atomic mass is 10.00. The number of aryl methyl sites for hydroxylation is 1. The zero-order chi connectivity index (χ0) is 16.2. The maximum absolute atomic E-state index is 12.6. The number of H-pyrrole nitrogens is 1. The second-order valence-corrected chi connectivity index (χ2v) is 5.90. The molecule has 0 bridgehead atoms. The molecule has 1 amide bonds. The van der Waals surface area contributed by atoms with E-state index in [2.05, 4.69) is 23.2 Å². The number of nitrogens with one attached hydrogen (secondary N) is 1. The van der Waals surface area contributed by atoms with Gasteiger partial charge < -0.3 is 9.88 Å². The summed E-state index contributed by atoms with van der Waals surface area (Å²) in [6.45, 7) is 3.24. The smallest absolute Gasteiger partial charge is 0.255 e. The van der Waals surface area contributed by atoms with Gasteiger partial charge in [-0.1, -0.05) is 42.0 Å². The second-order valence-electron chi connectivity index (χ2n) is 5.90. The second kappa shape index (κ2) is 6.65. The fourth-order valence-electron chi connectivity index (χ4n) is 2.90. The number of nitrogens with zero attached hydrogens (tertiary/aromatic N) is 1. The summed E-state index contributed by atoms with van der Waals surface area (Å²) in [6, 6.07) is 11.7. The molecule has 118 valence electrons. The van der Waals surface area contributed by atoms with E-state index in [9.17, 15) is 9.59 Å². The molecule has 1 aliphatic heterocycles. The van der Waals surface area contributed by atoms with Crippen molar-refractivity contribution in [3.63, 3.8) is 0 Å². The Morgan fingerprint density at radius 3 is 2.52 bits per heavy atom. The first-order valence-corrected chi connectivity index (χ1v) is 7.86.